The number of amides is 2. The molecule has 0 aliphatic carbocycles. The number of nitrogens with zero attached hydrogens (tertiary/aromatic N) is 1. The third-order valence-electron chi connectivity index (χ3n) is 4.05. The Balaban J connectivity index is 1.99. The lowest BCUT2D eigenvalue weighted by Gasteiger charge is -2.22. The van der Waals surface area contributed by atoms with Crippen molar-refractivity contribution in [3.8, 4) is 0 Å². The number of aryl methyl sites for hydroxylation is 2. The van der Waals surface area contributed by atoms with Gasteiger partial charge in [-0.1, -0.05) is 6.07 Å². The SMILES string of the molecule is COC(=O)c1ccc(NC(=O)CCN(C(C)=O)c2cc(C)cc(C)c2)cc1. The monoisotopic (exact) mass is 368 g/mol. The minimum absolute atomic E-state index is 0.116. The summed E-state index contributed by atoms with van der Waals surface area (Å²) in [4.78, 5) is 37.3. The molecule has 6 heteroatoms. The van der Waals surface area contributed by atoms with E-state index in [4.69, 9.17) is 0 Å². The van der Waals surface area contributed by atoms with E-state index in [1.54, 1.807) is 29.2 Å². The van der Waals surface area contributed by atoms with Crippen molar-refractivity contribution in [2.75, 3.05) is 23.9 Å². The molecule has 0 aliphatic heterocycles. The fraction of sp³-hybridized carbons (Fsp3) is 0.286. The smallest absolute Gasteiger partial charge is 0.337 e. The Morgan fingerprint density at radius 3 is 2.11 bits per heavy atom. The molecule has 0 fully saturated rings. The van der Waals surface area contributed by atoms with E-state index in [1.807, 2.05) is 32.0 Å². The lowest BCUT2D eigenvalue weighted by Crippen LogP contribution is -2.32. The van der Waals surface area contributed by atoms with Crippen LogP contribution in [0.25, 0.3) is 0 Å². The number of nitrogens with one attached hydrogen (secondary N) is 1. The van der Waals surface area contributed by atoms with Gasteiger partial charge in [0, 0.05) is 31.3 Å². The topological polar surface area (TPSA) is 75.7 Å². The maximum Gasteiger partial charge on any atom is 0.337 e. The Morgan fingerprint density at radius 1 is 1.00 bits per heavy atom. The summed E-state index contributed by atoms with van der Waals surface area (Å²) >= 11 is 0. The molecule has 1 N–H and O–H groups in total. The predicted octanol–water partition coefficient (Wildman–Crippen LogP) is 3.47. The Labute approximate surface area is 159 Å². The maximum absolute atomic E-state index is 12.2. The first-order chi connectivity index (χ1) is 12.8. The summed E-state index contributed by atoms with van der Waals surface area (Å²) < 4.78 is 4.64. The molecule has 0 heterocycles. The minimum atomic E-state index is -0.432. The van der Waals surface area contributed by atoms with Gasteiger partial charge in [-0.25, -0.2) is 4.79 Å². The second kappa shape index (κ2) is 8.98. The molecular weight excluding hydrogens is 344 g/mol. The van der Waals surface area contributed by atoms with E-state index in [0.29, 0.717) is 11.3 Å². The summed E-state index contributed by atoms with van der Waals surface area (Å²) in [5.74, 6) is -0.759. The van der Waals surface area contributed by atoms with Gasteiger partial charge in [0.2, 0.25) is 11.8 Å². The largest absolute Gasteiger partial charge is 0.465 e. The highest BCUT2D eigenvalue weighted by Gasteiger charge is 2.14. The van der Waals surface area contributed by atoms with Crippen molar-refractivity contribution in [2.45, 2.75) is 27.2 Å². The molecule has 142 valence electrons. The number of anilines is 2. The highest BCUT2D eigenvalue weighted by atomic mass is 16.5. The van der Waals surface area contributed by atoms with E-state index < -0.39 is 5.97 Å². The van der Waals surface area contributed by atoms with Crippen LogP contribution in [0.4, 0.5) is 11.4 Å². The second-order valence-electron chi connectivity index (χ2n) is 6.38. The summed E-state index contributed by atoms with van der Waals surface area (Å²) in [6.45, 7) is 5.71. The van der Waals surface area contributed by atoms with Gasteiger partial charge in [-0.05, 0) is 61.4 Å². The van der Waals surface area contributed by atoms with Crippen LogP contribution in [0.2, 0.25) is 0 Å². The minimum Gasteiger partial charge on any atom is -0.465 e. The van der Waals surface area contributed by atoms with Crippen LogP contribution in [0.1, 0.15) is 34.8 Å². The number of hydrogen-bond acceptors (Lipinski definition) is 4. The Hall–Kier alpha value is -3.15. The summed E-state index contributed by atoms with van der Waals surface area (Å²) in [6, 6.07) is 12.3. The van der Waals surface area contributed by atoms with Crippen LogP contribution in [0.5, 0.6) is 0 Å². The van der Waals surface area contributed by atoms with Gasteiger partial charge in [-0.15, -0.1) is 0 Å². The highest BCUT2D eigenvalue weighted by Crippen LogP contribution is 2.19. The zero-order valence-electron chi connectivity index (χ0n) is 16.0. The van der Waals surface area contributed by atoms with Crippen LogP contribution in [0, 0.1) is 13.8 Å². The number of hydrogen-bond donors (Lipinski definition) is 1. The van der Waals surface area contributed by atoms with E-state index in [0.717, 1.165) is 16.8 Å². The third kappa shape index (κ3) is 5.67. The van der Waals surface area contributed by atoms with Gasteiger partial charge in [0.05, 0.1) is 12.7 Å². The predicted molar refractivity (Wildman–Crippen MR) is 105 cm³/mol. The zero-order chi connectivity index (χ0) is 20.0. The van der Waals surface area contributed by atoms with Gasteiger partial charge in [-0.2, -0.15) is 0 Å². The molecule has 0 aliphatic rings. The highest BCUT2D eigenvalue weighted by molar-refractivity contribution is 5.95. The van der Waals surface area contributed by atoms with E-state index in [1.165, 1.54) is 14.0 Å². The summed E-state index contributed by atoms with van der Waals surface area (Å²) in [5.41, 5.74) is 3.90. The van der Waals surface area contributed by atoms with Gasteiger partial charge < -0.3 is 15.0 Å². The van der Waals surface area contributed by atoms with Crippen molar-refractivity contribution in [2.24, 2.45) is 0 Å². The molecule has 0 spiro atoms. The summed E-state index contributed by atoms with van der Waals surface area (Å²) in [6.07, 6.45) is 0.158. The van der Waals surface area contributed by atoms with Crippen molar-refractivity contribution in [1.29, 1.82) is 0 Å². The van der Waals surface area contributed by atoms with Crippen LogP contribution >= 0.6 is 0 Å². The third-order valence-corrected chi connectivity index (χ3v) is 4.05. The Kier molecular flexibility index (Phi) is 6.71. The lowest BCUT2D eigenvalue weighted by atomic mass is 10.1. The fourth-order valence-electron chi connectivity index (χ4n) is 2.82. The zero-order valence-corrected chi connectivity index (χ0v) is 16.0. The number of rotatable bonds is 6. The van der Waals surface area contributed by atoms with E-state index in [2.05, 4.69) is 10.1 Å². The van der Waals surface area contributed by atoms with Gasteiger partial charge in [-0.3, -0.25) is 9.59 Å². The van der Waals surface area contributed by atoms with Crippen molar-refractivity contribution in [3.05, 3.63) is 59.2 Å². The number of carbonyl (C=O) groups is 3. The quantitative estimate of drug-likeness (QED) is 0.792. The number of ether oxygens (including phenoxy) is 1. The van der Waals surface area contributed by atoms with E-state index in [9.17, 15) is 14.4 Å². The molecule has 2 rings (SSSR count). The molecule has 2 aromatic rings. The second-order valence-corrected chi connectivity index (χ2v) is 6.38. The van der Waals surface area contributed by atoms with Crippen molar-refractivity contribution >= 4 is 29.2 Å². The molecule has 0 radical (unpaired) electrons. The number of esters is 1. The Morgan fingerprint density at radius 2 is 1.59 bits per heavy atom. The molecule has 27 heavy (non-hydrogen) atoms. The van der Waals surface area contributed by atoms with Crippen LogP contribution in [0.15, 0.2) is 42.5 Å². The first kappa shape index (κ1) is 20.2. The standard InChI is InChI=1S/C21H24N2O4/c1-14-11-15(2)13-19(12-14)23(16(3)24)10-9-20(25)22-18-7-5-17(6-8-18)21(26)27-4/h5-8,11-13H,9-10H2,1-4H3,(H,22,25). The van der Waals surface area contributed by atoms with Crippen LogP contribution in [-0.4, -0.2) is 31.4 Å². The number of methoxy groups -OCH3 is 1. The average molecular weight is 368 g/mol. The summed E-state index contributed by atoms with van der Waals surface area (Å²) in [7, 11) is 1.31. The van der Waals surface area contributed by atoms with E-state index in [-0.39, 0.29) is 24.8 Å². The molecule has 0 atom stereocenters. The Bertz CT molecular complexity index is 824. The van der Waals surface area contributed by atoms with Crippen molar-refractivity contribution < 1.29 is 19.1 Å². The molecule has 0 aromatic heterocycles. The molecular formula is C21H24N2O4. The molecule has 0 saturated heterocycles. The van der Waals surface area contributed by atoms with Crippen molar-refractivity contribution in [1.82, 2.24) is 0 Å². The maximum atomic E-state index is 12.2. The molecule has 2 aromatic carbocycles. The molecule has 0 bridgehead atoms. The normalized spacial score (nSPS) is 10.2. The van der Waals surface area contributed by atoms with Gasteiger partial charge >= 0.3 is 5.97 Å². The molecule has 0 saturated carbocycles. The fourth-order valence-corrected chi connectivity index (χ4v) is 2.82. The van der Waals surface area contributed by atoms with E-state index >= 15 is 0 Å². The average Bonchev–Trinajstić information content (AvgIpc) is 2.60. The van der Waals surface area contributed by atoms with Gasteiger partial charge in [0.1, 0.15) is 0 Å². The molecule has 6 nitrogen and oxygen atoms in total. The van der Waals surface area contributed by atoms with Crippen LogP contribution < -0.4 is 10.2 Å². The molecule has 0 unspecified atom stereocenters. The lowest BCUT2D eigenvalue weighted by molar-refractivity contribution is -0.117. The van der Waals surface area contributed by atoms with Crippen LogP contribution in [0.3, 0.4) is 0 Å². The van der Waals surface area contributed by atoms with Crippen LogP contribution in [-0.2, 0) is 14.3 Å². The van der Waals surface area contributed by atoms with Gasteiger partial charge in [0.25, 0.3) is 0 Å². The first-order valence-electron chi connectivity index (χ1n) is 8.65. The first-order valence-corrected chi connectivity index (χ1v) is 8.65. The van der Waals surface area contributed by atoms with Gasteiger partial charge in [0.15, 0.2) is 0 Å². The van der Waals surface area contributed by atoms with Crippen molar-refractivity contribution in [3.63, 3.8) is 0 Å². The number of carbonyl (C=O) groups excluding carboxylic acids is 3. The molecule has 2 amide bonds. The summed E-state index contributed by atoms with van der Waals surface area (Å²) in [5, 5.41) is 2.77. The number of benzene rings is 2.